The van der Waals surface area contributed by atoms with E-state index in [9.17, 15) is 0 Å². The largest absolute Gasteiger partial charge is 0.484 e. The minimum absolute atomic E-state index is 0.113. The fourth-order valence-corrected chi connectivity index (χ4v) is 2.38. The minimum atomic E-state index is -0.113. The van der Waals surface area contributed by atoms with Crippen molar-refractivity contribution in [3.63, 3.8) is 0 Å². The molecular formula is C14H22N2O. The van der Waals surface area contributed by atoms with Crippen molar-refractivity contribution in [3.8, 4) is 5.75 Å². The van der Waals surface area contributed by atoms with E-state index >= 15 is 0 Å². The Morgan fingerprint density at radius 1 is 1.41 bits per heavy atom. The molecule has 0 bridgehead atoms. The summed E-state index contributed by atoms with van der Waals surface area (Å²) in [6.07, 6.45) is 0.925. The van der Waals surface area contributed by atoms with Gasteiger partial charge in [0.05, 0.1) is 12.2 Å². The molecule has 0 fully saturated rings. The summed E-state index contributed by atoms with van der Waals surface area (Å²) in [5.41, 5.74) is 7.98. The van der Waals surface area contributed by atoms with Gasteiger partial charge in [0.2, 0.25) is 0 Å². The van der Waals surface area contributed by atoms with Crippen LogP contribution in [0.4, 0.5) is 5.69 Å². The molecule has 1 aliphatic rings. The highest BCUT2D eigenvalue weighted by atomic mass is 16.5. The van der Waals surface area contributed by atoms with Crippen LogP contribution in [-0.2, 0) is 6.42 Å². The van der Waals surface area contributed by atoms with Gasteiger partial charge in [-0.2, -0.15) is 0 Å². The van der Waals surface area contributed by atoms with Crippen molar-refractivity contribution in [1.82, 2.24) is 0 Å². The molecule has 0 unspecified atom stereocenters. The van der Waals surface area contributed by atoms with E-state index in [1.807, 2.05) is 0 Å². The third-order valence-electron chi connectivity index (χ3n) is 3.14. The van der Waals surface area contributed by atoms with Crippen LogP contribution < -0.4 is 15.4 Å². The van der Waals surface area contributed by atoms with Gasteiger partial charge in [0.1, 0.15) is 11.4 Å². The van der Waals surface area contributed by atoms with Crippen LogP contribution in [0.2, 0.25) is 0 Å². The average Bonchev–Trinajstić information content (AvgIpc) is 2.28. The molecule has 0 atom stereocenters. The van der Waals surface area contributed by atoms with E-state index in [-0.39, 0.29) is 5.60 Å². The number of fused-ring (bicyclic) bond motifs is 1. The Bertz CT molecular complexity index is 401. The summed E-state index contributed by atoms with van der Waals surface area (Å²) in [7, 11) is 0. The van der Waals surface area contributed by atoms with E-state index in [2.05, 4.69) is 43.9 Å². The summed E-state index contributed by atoms with van der Waals surface area (Å²) in [6, 6.07) is 6.39. The fraction of sp³-hybridized carbons (Fsp3) is 0.571. The number of hydrogen-bond donors (Lipinski definition) is 1. The highest BCUT2D eigenvalue weighted by Crippen LogP contribution is 2.37. The maximum atomic E-state index is 6.01. The molecule has 1 aromatic carbocycles. The van der Waals surface area contributed by atoms with Crippen molar-refractivity contribution in [1.29, 1.82) is 0 Å². The van der Waals surface area contributed by atoms with E-state index in [1.165, 1.54) is 11.3 Å². The van der Waals surface area contributed by atoms with Gasteiger partial charge in [-0.15, -0.1) is 0 Å². The summed E-state index contributed by atoms with van der Waals surface area (Å²) >= 11 is 0. The maximum Gasteiger partial charge on any atom is 0.143 e. The second kappa shape index (κ2) is 4.57. The molecular weight excluding hydrogens is 212 g/mol. The Morgan fingerprint density at radius 3 is 2.82 bits per heavy atom. The first-order valence-electron chi connectivity index (χ1n) is 6.32. The second-order valence-corrected chi connectivity index (χ2v) is 5.22. The van der Waals surface area contributed by atoms with Crippen molar-refractivity contribution in [2.75, 3.05) is 24.5 Å². The Balaban J connectivity index is 2.36. The molecule has 17 heavy (non-hydrogen) atoms. The summed E-state index contributed by atoms with van der Waals surface area (Å²) in [5, 5.41) is 0. The molecule has 94 valence electrons. The van der Waals surface area contributed by atoms with Gasteiger partial charge in [-0.05, 0) is 51.4 Å². The van der Waals surface area contributed by atoms with Crippen LogP contribution in [0, 0.1) is 0 Å². The Morgan fingerprint density at radius 2 is 2.18 bits per heavy atom. The molecule has 0 radical (unpaired) electrons. The van der Waals surface area contributed by atoms with E-state index in [0.29, 0.717) is 6.54 Å². The number of ether oxygens (including phenoxy) is 1. The standard InChI is InChI=1S/C14H22N2O/c1-4-16-10-14(2,3)17-13-6-5-11(7-8-15)9-12(13)16/h5-6,9H,4,7-8,10,15H2,1-3H3. The van der Waals surface area contributed by atoms with E-state index in [4.69, 9.17) is 10.5 Å². The number of nitrogens with two attached hydrogens (primary N) is 1. The number of benzene rings is 1. The fourth-order valence-electron chi connectivity index (χ4n) is 2.38. The molecule has 2 rings (SSSR count). The van der Waals surface area contributed by atoms with Gasteiger partial charge in [-0.25, -0.2) is 0 Å². The van der Waals surface area contributed by atoms with Crippen LogP contribution in [0.1, 0.15) is 26.3 Å². The molecule has 0 saturated carbocycles. The quantitative estimate of drug-likeness (QED) is 0.871. The molecule has 1 aromatic rings. The predicted octanol–water partition coefficient (Wildman–Crippen LogP) is 2.19. The normalized spacial score (nSPS) is 17.5. The van der Waals surface area contributed by atoms with Crippen molar-refractivity contribution >= 4 is 5.69 Å². The zero-order chi connectivity index (χ0) is 12.5. The molecule has 0 spiro atoms. The Kier molecular flexibility index (Phi) is 3.29. The van der Waals surface area contributed by atoms with Crippen molar-refractivity contribution < 1.29 is 4.74 Å². The second-order valence-electron chi connectivity index (χ2n) is 5.22. The molecule has 3 heteroatoms. The molecule has 0 saturated heterocycles. The van der Waals surface area contributed by atoms with Crippen LogP contribution in [0.25, 0.3) is 0 Å². The molecule has 3 nitrogen and oxygen atoms in total. The number of rotatable bonds is 3. The number of nitrogens with zero attached hydrogens (tertiary/aromatic N) is 1. The molecule has 1 aliphatic heterocycles. The predicted molar refractivity (Wildman–Crippen MR) is 71.8 cm³/mol. The van der Waals surface area contributed by atoms with Gasteiger partial charge >= 0.3 is 0 Å². The Labute approximate surface area is 104 Å². The molecule has 0 amide bonds. The lowest BCUT2D eigenvalue weighted by molar-refractivity contribution is 0.105. The maximum absolute atomic E-state index is 6.01. The van der Waals surface area contributed by atoms with Crippen molar-refractivity contribution in [3.05, 3.63) is 23.8 Å². The number of likely N-dealkylation sites (N-methyl/N-ethyl adjacent to an activating group) is 1. The minimum Gasteiger partial charge on any atom is -0.484 e. The lowest BCUT2D eigenvalue weighted by Gasteiger charge is -2.40. The zero-order valence-electron chi connectivity index (χ0n) is 11.0. The topological polar surface area (TPSA) is 38.5 Å². The van der Waals surface area contributed by atoms with E-state index < -0.39 is 0 Å². The van der Waals surface area contributed by atoms with Gasteiger partial charge < -0.3 is 15.4 Å². The van der Waals surface area contributed by atoms with Gasteiger partial charge in [0.15, 0.2) is 0 Å². The van der Waals surface area contributed by atoms with Gasteiger partial charge in [0.25, 0.3) is 0 Å². The summed E-state index contributed by atoms with van der Waals surface area (Å²) in [5.74, 6) is 0.990. The lowest BCUT2D eigenvalue weighted by Crippen LogP contribution is -2.46. The van der Waals surface area contributed by atoms with E-state index in [0.717, 1.165) is 25.3 Å². The smallest absolute Gasteiger partial charge is 0.143 e. The number of anilines is 1. The number of hydrogen-bond acceptors (Lipinski definition) is 3. The summed E-state index contributed by atoms with van der Waals surface area (Å²) < 4.78 is 6.01. The van der Waals surface area contributed by atoms with Gasteiger partial charge in [0, 0.05) is 6.54 Å². The SMILES string of the molecule is CCN1CC(C)(C)Oc2ccc(CCN)cc21. The summed E-state index contributed by atoms with van der Waals surface area (Å²) in [4.78, 5) is 2.37. The first-order valence-corrected chi connectivity index (χ1v) is 6.32. The third kappa shape index (κ3) is 2.55. The Hall–Kier alpha value is -1.22. The highest BCUT2D eigenvalue weighted by Gasteiger charge is 2.30. The zero-order valence-corrected chi connectivity index (χ0v) is 11.0. The van der Waals surface area contributed by atoms with Crippen LogP contribution in [-0.4, -0.2) is 25.2 Å². The van der Waals surface area contributed by atoms with Gasteiger partial charge in [-0.1, -0.05) is 6.07 Å². The first-order chi connectivity index (χ1) is 8.05. The van der Waals surface area contributed by atoms with Crippen LogP contribution in [0.15, 0.2) is 18.2 Å². The first kappa shape index (κ1) is 12.2. The van der Waals surface area contributed by atoms with Crippen LogP contribution >= 0.6 is 0 Å². The molecule has 1 heterocycles. The molecule has 0 aromatic heterocycles. The van der Waals surface area contributed by atoms with Gasteiger partial charge in [-0.3, -0.25) is 0 Å². The van der Waals surface area contributed by atoms with Crippen LogP contribution in [0.3, 0.4) is 0 Å². The molecule has 0 aliphatic carbocycles. The average molecular weight is 234 g/mol. The van der Waals surface area contributed by atoms with Crippen LogP contribution in [0.5, 0.6) is 5.75 Å². The monoisotopic (exact) mass is 234 g/mol. The highest BCUT2D eigenvalue weighted by molar-refractivity contribution is 5.62. The van der Waals surface area contributed by atoms with Crippen molar-refractivity contribution in [2.24, 2.45) is 5.73 Å². The van der Waals surface area contributed by atoms with E-state index in [1.54, 1.807) is 0 Å². The lowest BCUT2D eigenvalue weighted by atomic mass is 10.0. The molecule has 2 N–H and O–H groups in total. The third-order valence-corrected chi connectivity index (χ3v) is 3.14. The summed E-state index contributed by atoms with van der Waals surface area (Å²) in [6.45, 7) is 9.07. The van der Waals surface area contributed by atoms with Crippen molar-refractivity contribution in [2.45, 2.75) is 32.8 Å².